The number of carbonyl (C=O) groups excluding carboxylic acids is 2. The topological polar surface area (TPSA) is 144 Å². The lowest BCUT2D eigenvalue weighted by Crippen LogP contribution is -2.55. The van der Waals surface area contributed by atoms with E-state index in [2.05, 4.69) is 24.2 Å². The van der Waals surface area contributed by atoms with Crippen LogP contribution in [-0.4, -0.2) is 70.8 Å². The summed E-state index contributed by atoms with van der Waals surface area (Å²) in [6.07, 6.45) is -0.953. The van der Waals surface area contributed by atoms with Crippen molar-refractivity contribution in [3.8, 4) is 5.75 Å². The molecular weight excluding hydrogens is 557 g/mol. The predicted molar refractivity (Wildman–Crippen MR) is 149 cm³/mol. The second-order valence-corrected chi connectivity index (χ2v) is 11.7. The molecule has 1 saturated carbocycles. The zero-order valence-electron chi connectivity index (χ0n) is 24.7. The zero-order chi connectivity index (χ0) is 31.5. The number of methoxy groups -OCH3 is 1. The normalized spacial score (nSPS) is 24.7. The van der Waals surface area contributed by atoms with E-state index in [0.29, 0.717) is 19.4 Å². The highest BCUT2D eigenvalue weighted by Crippen LogP contribution is 2.47. The van der Waals surface area contributed by atoms with Gasteiger partial charge in [0.25, 0.3) is 0 Å². The van der Waals surface area contributed by atoms with E-state index in [1.54, 1.807) is 12.0 Å². The van der Waals surface area contributed by atoms with Crippen LogP contribution in [0.2, 0.25) is 0 Å². The molecule has 1 aliphatic carbocycles. The number of ether oxygens (including phenoxy) is 2. The number of rotatable bonds is 9. The van der Waals surface area contributed by atoms with E-state index in [-0.39, 0.29) is 47.3 Å². The lowest BCUT2D eigenvalue weighted by atomic mass is 9.83. The van der Waals surface area contributed by atoms with Crippen LogP contribution < -0.4 is 15.8 Å². The molecule has 234 valence electrons. The summed E-state index contributed by atoms with van der Waals surface area (Å²) < 4.78 is 43.5. The van der Waals surface area contributed by atoms with E-state index in [1.807, 2.05) is 38.1 Å². The van der Waals surface area contributed by atoms with Gasteiger partial charge in [-0.2, -0.15) is 13.2 Å². The molecule has 2 amide bonds. The highest BCUT2D eigenvalue weighted by Gasteiger charge is 2.52. The van der Waals surface area contributed by atoms with E-state index in [9.17, 15) is 22.8 Å². The first-order valence-corrected chi connectivity index (χ1v) is 14.1. The number of nitrogens with one attached hydrogen (secondary N) is 1. The predicted octanol–water partition coefficient (Wildman–Crippen LogP) is 4.19. The fourth-order valence-electron chi connectivity index (χ4n) is 5.76. The van der Waals surface area contributed by atoms with Crippen LogP contribution in [0.25, 0.3) is 0 Å². The molecule has 0 saturated heterocycles. The van der Waals surface area contributed by atoms with E-state index in [4.69, 9.17) is 25.1 Å². The summed E-state index contributed by atoms with van der Waals surface area (Å²) in [6, 6.07) is 7.67. The average Bonchev–Trinajstić information content (AvgIpc) is 3.70. The summed E-state index contributed by atoms with van der Waals surface area (Å²) in [5, 5.41) is 10.4. The van der Waals surface area contributed by atoms with Crippen LogP contribution in [0, 0.1) is 11.8 Å². The maximum atomic E-state index is 13.5. The van der Waals surface area contributed by atoms with Gasteiger partial charge in [-0.3, -0.25) is 14.5 Å². The molecule has 3 aliphatic rings. The monoisotopic (exact) mass is 598 g/mol. The van der Waals surface area contributed by atoms with Gasteiger partial charge in [0.15, 0.2) is 5.96 Å². The number of carbonyl (C=O) groups is 3. The van der Waals surface area contributed by atoms with E-state index >= 15 is 0 Å². The standard InChI is InChI=1S/C27H40N4O4.C2HF3O2/c1-6-27(7-2)15-20(17-10-8-9-11-22(17)35-27)29-24(33)19-14-18(19)21(12-13-34-5)31-23(32)16-26(3,4)30-25(31)28;3-2(4,5)1(6)7/h8-11,18-21H,6-7,12-16H2,1-5H3,(H2,28,30)(H,29,33);(H,6,7)/t18-,19-,20?,21-;/m1./s1. The highest BCUT2D eigenvalue weighted by atomic mass is 19.4. The van der Waals surface area contributed by atoms with Crippen molar-refractivity contribution in [1.82, 2.24) is 10.2 Å². The number of hydrogen-bond donors (Lipinski definition) is 3. The number of amides is 2. The Labute approximate surface area is 243 Å². The maximum Gasteiger partial charge on any atom is 0.490 e. The third-order valence-corrected chi connectivity index (χ3v) is 8.18. The van der Waals surface area contributed by atoms with Crippen molar-refractivity contribution >= 4 is 23.7 Å². The number of alkyl halides is 3. The smallest absolute Gasteiger partial charge is 0.487 e. The second-order valence-electron chi connectivity index (χ2n) is 11.7. The number of carboxylic acid groups (broad SMARTS) is 1. The first-order chi connectivity index (χ1) is 19.6. The first-order valence-electron chi connectivity index (χ1n) is 14.1. The molecule has 0 bridgehead atoms. The Kier molecular flexibility index (Phi) is 10.2. The van der Waals surface area contributed by atoms with Crippen molar-refractivity contribution in [2.45, 2.75) is 95.6 Å². The molecule has 1 aromatic rings. The number of nitrogens with zero attached hydrogens (tertiary/aromatic N) is 2. The third kappa shape index (κ3) is 7.73. The van der Waals surface area contributed by atoms with Crippen LogP contribution in [0.1, 0.15) is 77.8 Å². The fraction of sp³-hybridized carbons (Fsp3) is 0.655. The van der Waals surface area contributed by atoms with Crippen LogP contribution in [-0.2, 0) is 19.1 Å². The minimum atomic E-state index is -5.08. The van der Waals surface area contributed by atoms with Gasteiger partial charge < -0.3 is 25.6 Å². The van der Waals surface area contributed by atoms with Crippen LogP contribution in [0.15, 0.2) is 29.3 Å². The molecule has 42 heavy (non-hydrogen) atoms. The Hall–Kier alpha value is -3.35. The number of guanidine groups is 1. The molecule has 13 heteroatoms. The molecule has 1 unspecified atom stereocenters. The Bertz CT molecular complexity index is 1180. The Morgan fingerprint density at radius 3 is 2.43 bits per heavy atom. The number of benzene rings is 1. The van der Waals surface area contributed by atoms with Crippen LogP contribution in [0.4, 0.5) is 13.2 Å². The van der Waals surface area contributed by atoms with Crippen LogP contribution >= 0.6 is 0 Å². The first kappa shape index (κ1) is 33.2. The van der Waals surface area contributed by atoms with E-state index in [0.717, 1.165) is 37.0 Å². The molecule has 2 heterocycles. The summed E-state index contributed by atoms with van der Waals surface area (Å²) in [5.41, 5.74) is 6.50. The number of halogens is 3. The molecule has 4 atom stereocenters. The quantitative estimate of drug-likeness (QED) is 0.387. The molecular formula is C29H41F3N4O6. The summed E-state index contributed by atoms with van der Waals surface area (Å²) in [5.74, 6) is -1.81. The van der Waals surface area contributed by atoms with Gasteiger partial charge in [0.2, 0.25) is 11.8 Å². The van der Waals surface area contributed by atoms with Gasteiger partial charge in [-0.05, 0) is 51.5 Å². The molecule has 4 rings (SSSR count). The molecule has 2 aliphatic heterocycles. The fourth-order valence-corrected chi connectivity index (χ4v) is 5.76. The summed E-state index contributed by atoms with van der Waals surface area (Å²) in [6.45, 7) is 8.57. The zero-order valence-corrected chi connectivity index (χ0v) is 24.7. The van der Waals surface area contributed by atoms with Gasteiger partial charge in [-0.1, -0.05) is 32.0 Å². The van der Waals surface area contributed by atoms with Crippen molar-refractivity contribution < 1.29 is 42.1 Å². The minimum absolute atomic E-state index is 0.0283. The maximum absolute atomic E-state index is 13.5. The highest BCUT2D eigenvalue weighted by molar-refractivity contribution is 5.99. The van der Waals surface area contributed by atoms with Gasteiger partial charge in [0, 0.05) is 37.7 Å². The van der Waals surface area contributed by atoms with Gasteiger partial charge in [-0.25, -0.2) is 9.79 Å². The number of carboxylic acids is 1. The minimum Gasteiger partial charge on any atom is -0.487 e. The average molecular weight is 599 g/mol. The lowest BCUT2D eigenvalue weighted by molar-refractivity contribution is -0.192. The SMILES string of the molecule is CCC1(CC)CC(NC(=O)[C@@H]2C[C@H]2[C@@H](CCOC)N2C(=O)CC(C)(C)N=C2N)c2ccccc2O1.O=C(O)C(F)(F)F. The summed E-state index contributed by atoms with van der Waals surface area (Å²) in [4.78, 5) is 41.6. The third-order valence-electron chi connectivity index (χ3n) is 8.18. The number of nitrogens with two attached hydrogens (primary N) is 1. The Balaban J connectivity index is 0.000000616. The van der Waals surface area contributed by atoms with Gasteiger partial charge in [0.1, 0.15) is 11.4 Å². The van der Waals surface area contributed by atoms with Gasteiger partial charge >= 0.3 is 12.1 Å². The van der Waals surface area contributed by atoms with Gasteiger partial charge in [-0.15, -0.1) is 0 Å². The molecule has 1 aromatic carbocycles. The number of aliphatic carboxylic acids is 1. The largest absolute Gasteiger partial charge is 0.490 e. The summed E-state index contributed by atoms with van der Waals surface area (Å²) >= 11 is 0. The molecule has 10 nitrogen and oxygen atoms in total. The van der Waals surface area contributed by atoms with Crippen LogP contribution in [0.3, 0.4) is 0 Å². The van der Waals surface area contributed by atoms with Crippen molar-refractivity contribution in [1.29, 1.82) is 0 Å². The number of para-hydroxylation sites is 1. The number of fused-ring (bicyclic) bond motifs is 1. The van der Waals surface area contributed by atoms with Crippen molar-refractivity contribution in [3.05, 3.63) is 29.8 Å². The van der Waals surface area contributed by atoms with Crippen LogP contribution in [0.5, 0.6) is 5.75 Å². The number of hydrogen-bond acceptors (Lipinski definition) is 7. The lowest BCUT2D eigenvalue weighted by Gasteiger charge is -2.41. The molecule has 0 aromatic heterocycles. The van der Waals surface area contributed by atoms with E-state index in [1.165, 1.54) is 0 Å². The van der Waals surface area contributed by atoms with Crippen molar-refractivity contribution in [2.75, 3.05) is 13.7 Å². The Morgan fingerprint density at radius 2 is 1.88 bits per heavy atom. The Morgan fingerprint density at radius 1 is 1.26 bits per heavy atom. The van der Waals surface area contributed by atoms with Gasteiger partial charge in [0.05, 0.1) is 18.0 Å². The van der Waals surface area contributed by atoms with E-state index < -0.39 is 17.7 Å². The second kappa shape index (κ2) is 12.9. The summed E-state index contributed by atoms with van der Waals surface area (Å²) in [7, 11) is 1.64. The molecule has 0 radical (unpaired) electrons. The molecule has 4 N–H and O–H groups in total. The number of aliphatic imine (C=N–C) groups is 1. The molecule has 1 fully saturated rings. The van der Waals surface area contributed by atoms with Crippen molar-refractivity contribution in [2.24, 2.45) is 22.6 Å². The van der Waals surface area contributed by atoms with Crippen molar-refractivity contribution in [3.63, 3.8) is 0 Å². The molecule has 0 spiro atoms.